The molecule has 0 bridgehead atoms. The molecule has 0 aliphatic rings. The Kier molecular flexibility index (Phi) is 4.58. The fourth-order valence-electron chi connectivity index (χ4n) is 2.19. The second-order valence-electron chi connectivity index (χ2n) is 5.02. The predicted octanol–water partition coefficient (Wildman–Crippen LogP) is 3.74. The van der Waals surface area contributed by atoms with E-state index in [4.69, 9.17) is 5.11 Å². The molecule has 0 unspecified atom stereocenters. The van der Waals surface area contributed by atoms with Crippen LogP contribution in [0.1, 0.15) is 27.0 Å². The average molecular weight is 328 g/mol. The van der Waals surface area contributed by atoms with Crippen LogP contribution in [-0.2, 0) is 12.8 Å². The monoisotopic (exact) mass is 328 g/mol. The van der Waals surface area contributed by atoms with Crippen LogP contribution in [0.3, 0.4) is 0 Å². The zero-order chi connectivity index (χ0) is 17.3. The van der Waals surface area contributed by atoms with Gasteiger partial charge in [0.05, 0.1) is 0 Å². The maximum Gasteiger partial charge on any atom is 0.339 e. The number of hydrogen-bond donors (Lipinski definition) is 2. The highest BCUT2D eigenvalue weighted by Crippen LogP contribution is 2.25. The zero-order valence-electron chi connectivity index (χ0n) is 12.0. The second-order valence-corrected chi connectivity index (χ2v) is 5.02. The van der Waals surface area contributed by atoms with Crippen molar-refractivity contribution in [2.75, 3.05) is 0 Å². The van der Waals surface area contributed by atoms with Crippen molar-refractivity contribution >= 4 is 5.97 Å². The van der Waals surface area contributed by atoms with E-state index in [0.717, 1.165) is 19.1 Å². The van der Waals surface area contributed by atoms with Gasteiger partial charge in [0.1, 0.15) is 11.3 Å². The summed E-state index contributed by atoms with van der Waals surface area (Å²) >= 11 is 0. The van der Waals surface area contributed by atoms with Crippen molar-refractivity contribution in [2.45, 2.75) is 19.8 Å². The number of aromatic hydroxyl groups is 1. The highest BCUT2D eigenvalue weighted by Gasteiger charge is 2.22. The number of carboxylic acid groups (broad SMARTS) is 1. The lowest BCUT2D eigenvalue weighted by molar-refractivity contribution is 0.0693. The van der Waals surface area contributed by atoms with Crippen molar-refractivity contribution in [1.29, 1.82) is 0 Å². The van der Waals surface area contributed by atoms with Crippen LogP contribution in [0.2, 0.25) is 0 Å². The Morgan fingerprint density at radius 3 is 2.09 bits per heavy atom. The van der Waals surface area contributed by atoms with E-state index in [2.05, 4.69) is 0 Å². The quantitative estimate of drug-likeness (QED) is 0.664. The number of aryl methyl sites for hydroxylation is 1. The SMILES string of the molecule is Cc1c(F)c(F)c(CCc2ccc(O)c(C(=O)O)c2)c(F)c1F. The lowest BCUT2D eigenvalue weighted by Crippen LogP contribution is -2.08. The molecule has 0 spiro atoms. The van der Waals surface area contributed by atoms with Gasteiger partial charge in [0, 0.05) is 11.1 Å². The largest absolute Gasteiger partial charge is 0.507 e. The molecule has 0 saturated heterocycles. The van der Waals surface area contributed by atoms with E-state index in [1.54, 1.807) is 0 Å². The number of hydrogen-bond acceptors (Lipinski definition) is 2. The molecule has 0 amide bonds. The van der Waals surface area contributed by atoms with Gasteiger partial charge in [-0.05, 0) is 37.5 Å². The van der Waals surface area contributed by atoms with Crippen LogP contribution in [-0.4, -0.2) is 16.2 Å². The first-order valence-corrected chi connectivity index (χ1v) is 6.60. The van der Waals surface area contributed by atoms with E-state index in [1.165, 1.54) is 6.07 Å². The average Bonchev–Trinajstić information content (AvgIpc) is 2.52. The molecule has 0 aliphatic carbocycles. The lowest BCUT2D eigenvalue weighted by atomic mass is 9.99. The molecular weight excluding hydrogens is 316 g/mol. The first-order chi connectivity index (χ1) is 10.7. The fraction of sp³-hybridized carbons (Fsp3) is 0.188. The van der Waals surface area contributed by atoms with Gasteiger partial charge in [-0.15, -0.1) is 0 Å². The summed E-state index contributed by atoms with van der Waals surface area (Å²) in [4.78, 5) is 10.9. The van der Waals surface area contributed by atoms with Crippen LogP contribution < -0.4 is 0 Å². The van der Waals surface area contributed by atoms with Crippen LogP contribution in [0.25, 0.3) is 0 Å². The van der Waals surface area contributed by atoms with E-state index in [0.29, 0.717) is 5.56 Å². The molecule has 0 heterocycles. The van der Waals surface area contributed by atoms with E-state index in [9.17, 15) is 27.5 Å². The van der Waals surface area contributed by atoms with Crippen LogP contribution in [0.15, 0.2) is 18.2 Å². The van der Waals surface area contributed by atoms with E-state index in [1.807, 2.05) is 0 Å². The van der Waals surface area contributed by atoms with Crippen molar-refractivity contribution < 1.29 is 32.6 Å². The Hall–Kier alpha value is -2.57. The third-order valence-electron chi connectivity index (χ3n) is 3.53. The van der Waals surface area contributed by atoms with Crippen molar-refractivity contribution in [2.24, 2.45) is 0 Å². The standard InChI is InChI=1S/C16H12F4O3/c1-7-12(17)14(19)9(15(20)13(7)18)4-2-8-3-5-11(21)10(6-8)16(22)23/h3,5-6,21H,2,4H2,1H3,(H,22,23). The summed E-state index contributed by atoms with van der Waals surface area (Å²) in [7, 11) is 0. The maximum atomic E-state index is 13.8. The summed E-state index contributed by atoms with van der Waals surface area (Å²) in [6.45, 7) is 0.930. The van der Waals surface area contributed by atoms with Crippen molar-refractivity contribution in [3.05, 3.63) is 63.7 Å². The maximum absolute atomic E-state index is 13.8. The van der Waals surface area contributed by atoms with Gasteiger partial charge in [-0.25, -0.2) is 22.4 Å². The third-order valence-corrected chi connectivity index (χ3v) is 3.53. The number of carboxylic acids is 1. The normalized spacial score (nSPS) is 10.8. The minimum Gasteiger partial charge on any atom is -0.507 e. The van der Waals surface area contributed by atoms with Crippen molar-refractivity contribution in [3.8, 4) is 5.75 Å². The first kappa shape index (κ1) is 16.8. The van der Waals surface area contributed by atoms with Gasteiger partial charge >= 0.3 is 5.97 Å². The Balaban J connectivity index is 2.32. The number of aromatic carboxylic acids is 1. The molecule has 0 atom stereocenters. The molecule has 2 N–H and O–H groups in total. The number of carbonyl (C=O) groups is 1. The van der Waals surface area contributed by atoms with E-state index >= 15 is 0 Å². The van der Waals surface area contributed by atoms with Gasteiger partial charge in [-0.3, -0.25) is 0 Å². The lowest BCUT2D eigenvalue weighted by Gasteiger charge is -2.10. The van der Waals surface area contributed by atoms with Crippen LogP contribution in [0.4, 0.5) is 17.6 Å². The Bertz CT molecular complexity index is 758. The van der Waals surface area contributed by atoms with Crippen LogP contribution >= 0.6 is 0 Å². The Morgan fingerprint density at radius 2 is 1.57 bits per heavy atom. The summed E-state index contributed by atoms with van der Waals surface area (Å²) in [5, 5.41) is 18.3. The van der Waals surface area contributed by atoms with Crippen molar-refractivity contribution in [1.82, 2.24) is 0 Å². The Morgan fingerprint density at radius 1 is 1.00 bits per heavy atom. The van der Waals surface area contributed by atoms with E-state index < -0.39 is 46.1 Å². The number of phenols is 1. The van der Waals surface area contributed by atoms with Gasteiger partial charge in [0.2, 0.25) is 0 Å². The number of benzene rings is 2. The topological polar surface area (TPSA) is 57.5 Å². The zero-order valence-corrected chi connectivity index (χ0v) is 12.0. The molecule has 0 aliphatic heterocycles. The van der Waals surface area contributed by atoms with Crippen molar-refractivity contribution in [3.63, 3.8) is 0 Å². The second kappa shape index (κ2) is 6.28. The molecule has 7 heteroatoms. The molecule has 0 fully saturated rings. The highest BCUT2D eigenvalue weighted by atomic mass is 19.2. The predicted molar refractivity (Wildman–Crippen MR) is 73.5 cm³/mol. The molecule has 122 valence electrons. The fourth-order valence-corrected chi connectivity index (χ4v) is 2.19. The molecule has 0 radical (unpaired) electrons. The molecule has 0 aromatic heterocycles. The summed E-state index contributed by atoms with van der Waals surface area (Å²) in [6.07, 6.45) is -0.425. The molecule has 23 heavy (non-hydrogen) atoms. The van der Waals surface area contributed by atoms with Gasteiger partial charge in [-0.1, -0.05) is 6.07 Å². The molecule has 3 nitrogen and oxygen atoms in total. The summed E-state index contributed by atoms with van der Waals surface area (Å²) in [5.41, 5.74) is -1.50. The molecule has 2 rings (SSSR count). The molecule has 2 aromatic carbocycles. The van der Waals surface area contributed by atoms with Gasteiger partial charge in [0.15, 0.2) is 23.3 Å². The number of halogens is 4. The minimum absolute atomic E-state index is 0.0592. The van der Waals surface area contributed by atoms with Crippen LogP contribution in [0.5, 0.6) is 5.75 Å². The van der Waals surface area contributed by atoms with E-state index in [-0.39, 0.29) is 18.4 Å². The van der Waals surface area contributed by atoms with Crippen LogP contribution in [0, 0.1) is 30.2 Å². The summed E-state index contributed by atoms with van der Waals surface area (Å²) < 4.78 is 54.5. The van der Waals surface area contributed by atoms with Gasteiger partial charge in [-0.2, -0.15) is 0 Å². The van der Waals surface area contributed by atoms with Gasteiger partial charge in [0.25, 0.3) is 0 Å². The number of rotatable bonds is 4. The highest BCUT2D eigenvalue weighted by molar-refractivity contribution is 5.90. The smallest absolute Gasteiger partial charge is 0.339 e. The molecular formula is C16H12F4O3. The summed E-state index contributed by atoms with van der Waals surface area (Å²) in [5.74, 6) is -7.64. The third kappa shape index (κ3) is 3.13. The first-order valence-electron chi connectivity index (χ1n) is 6.60. The van der Waals surface area contributed by atoms with Gasteiger partial charge < -0.3 is 10.2 Å². The molecule has 2 aromatic rings. The summed E-state index contributed by atoms with van der Waals surface area (Å²) in [6, 6.07) is 3.62. The minimum atomic E-state index is -1.46. The Labute approximate surface area is 128 Å². The molecule has 0 saturated carbocycles.